The van der Waals surface area contributed by atoms with Gasteiger partial charge in [-0.15, -0.1) is 0 Å². The second-order valence-electron chi connectivity index (χ2n) is 6.66. The van der Waals surface area contributed by atoms with E-state index in [0.717, 1.165) is 25.5 Å². The molecule has 21 heavy (non-hydrogen) atoms. The lowest BCUT2D eigenvalue weighted by atomic mass is 9.70. The maximum absolute atomic E-state index is 6.08. The highest BCUT2D eigenvalue weighted by Crippen LogP contribution is 2.45. The van der Waals surface area contributed by atoms with Gasteiger partial charge in [0.25, 0.3) is 0 Å². The van der Waals surface area contributed by atoms with E-state index in [-0.39, 0.29) is 5.60 Å². The molecule has 0 radical (unpaired) electrons. The smallest absolute Gasteiger partial charge is 0.0685 e. The van der Waals surface area contributed by atoms with Crippen LogP contribution in [0.4, 0.5) is 0 Å². The summed E-state index contributed by atoms with van der Waals surface area (Å²) in [6, 6.07) is 6.82. The Morgan fingerprint density at radius 3 is 3.00 bits per heavy atom. The van der Waals surface area contributed by atoms with Gasteiger partial charge in [0, 0.05) is 24.5 Å². The van der Waals surface area contributed by atoms with Gasteiger partial charge in [-0.25, -0.2) is 0 Å². The molecule has 2 atom stereocenters. The van der Waals surface area contributed by atoms with Crippen molar-refractivity contribution in [1.29, 1.82) is 0 Å². The summed E-state index contributed by atoms with van der Waals surface area (Å²) in [5.41, 5.74) is 1.47. The van der Waals surface area contributed by atoms with Crippen LogP contribution in [0, 0.1) is 5.92 Å². The molecule has 1 N–H and O–H groups in total. The number of hydrogen-bond acceptors (Lipinski definition) is 3. The first-order valence-electron chi connectivity index (χ1n) is 8.58. The molecule has 116 valence electrons. The summed E-state index contributed by atoms with van der Waals surface area (Å²) < 4.78 is 6.08. The number of nitrogens with zero attached hydrogens (tertiary/aromatic N) is 1. The zero-order valence-corrected chi connectivity index (χ0v) is 13.2. The average molecular weight is 288 g/mol. The SMILES string of the molecule is CCNC(CCc1ccccn1)C1CCOC2(CCC2)C1. The molecule has 2 fully saturated rings. The van der Waals surface area contributed by atoms with Crippen molar-refractivity contribution in [2.75, 3.05) is 13.2 Å². The first-order chi connectivity index (χ1) is 10.3. The number of aromatic nitrogens is 1. The normalized spacial score (nSPS) is 25.5. The lowest BCUT2D eigenvalue weighted by molar-refractivity contribution is -0.147. The molecule has 1 aliphatic carbocycles. The van der Waals surface area contributed by atoms with E-state index in [2.05, 4.69) is 29.4 Å². The lowest BCUT2D eigenvalue weighted by Gasteiger charge is -2.49. The molecule has 2 unspecified atom stereocenters. The first-order valence-corrected chi connectivity index (χ1v) is 8.58. The summed E-state index contributed by atoms with van der Waals surface area (Å²) in [7, 11) is 0. The Balaban J connectivity index is 1.58. The lowest BCUT2D eigenvalue weighted by Crippen LogP contribution is -2.50. The Labute approximate surface area is 128 Å². The molecule has 3 nitrogen and oxygen atoms in total. The predicted molar refractivity (Wildman–Crippen MR) is 85.3 cm³/mol. The summed E-state index contributed by atoms with van der Waals surface area (Å²) in [4.78, 5) is 4.46. The van der Waals surface area contributed by atoms with Crippen LogP contribution in [0.1, 0.15) is 51.1 Å². The van der Waals surface area contributed by atoms with Crippen molar-refractivity contribution in [3.63, 3.8) is 0 Å². The molecule has 1 saturated heterocycles. The Bertz CT molecular complexity index is 430. The fraction of sp³-hybridized carbons (Fsp3) is 0.722. The van der Waals surface area contributed by atoms with E-state index in [4.69, 9.17) is 4.74 Å². The molecule has 2 heterocycles. The van der Waals surface area contributed by atoms with Crippen LogP contribution in [0.3, 0.4) is 0 Å². The van der Waals surface area contributed by atoms with Gasteiger partial charge >= 0.3 is 0 Å². The molecular weight excluding hydrogens is 260 g/mol. The third-order valence-corrected chi connectivity index (χ3v) is 5.27. The van der Waals surface area contributed by atoms with E-state index >= 15 is 0 Å². The quantitative estimate of drug-likeness (QED) is 0.871. The highest BCUT2D eigenvalue weighted by atomic mass is 16.5. The second-order valence-corrected chi connectivity index (χ2v) is 6.66. The highest BCUT2D eigenvalue weighted by Gasteiger charge is 2.44. The zero-order valence-electron chi connectivity index (χ0n) is 13.2. The summed E-state index contributed by atoms with van der Waals surface area (Å²) in [5, 5.41) is 3.73. The Morgan fingerprint density at radius 2 is 2.33 bits per heavy atom. The fourth-order valence-corrected chi connectivity index (χ4v) is 3.94. The van der Waals surface area contributed by atoms with Crippen molar-refractivity contribution in [2.45, 2.75) is 63.5 Å². The van der Waals surface area contributed by atoms with Crippen LogP contribution in [0.5, 0.6) is 0 Å². The minimum atomic E-state index is 0.252. The molecule has 1 saturated carbocycles. The molecule has 1 spiro atoms. The number of pyridine rings is 1. The van der Waals surface area contributed by atoms with Crippen LogP contribution in [-0.4, -0.2) is 29.8 Å². The van der Waals surface area contributed by atoms with Gasteiger partial charge in [-0.1, -0.05) is 13.0 Å². The molecule has 3 rings (SSSR count). The first kappa shape index (κ1) is 15.0. The van der Waals surface area contributed by atoms with E-state index in [1.807, 2.05) is 12.3 Å². The van der Waals surface area contributed by atoms with Gasteiger partial charge in [-0.3, -0.25) is 4.98 Å². The molecule has 0 bridgehead atoms. The van der Waals surface area contributed by atoms with E-state index in [1.54, 1.807) is 0 Å². The molecule has 0 aromatic carbocycles. The van der Waals surface area contributed by atoms with Crippen molar-refractivity contribution in [3.05, 3.63) is 30.1 Å². The topological polar surface area (TPSA) is 34.2 Å². The Kier molecular flexibility index (Phi) is 4.91. The third kappa shape index (κ3) is 3.64. The van der Waals surface area contributed by atoms with Crippen LogP contribution >= 0.6 is 0 Å². The van der Waals surface area contributed by atoms with Crippen molar-refractivity contribution in [3.8, 4) is 0 Å². The molecule has 3 heteroatoms. The van der Waals surface area contributed by atoms with Gasteiger partial charge in [0.15, 0.2) is 0 Å². The van der Waals surface area contributed by atoms with Crippen LogP contribution in [0.15, 0.2) is 24.4 Å². The maximum Gasteiger partial charge on any atom is 0.0685 e. The van der Waals surface area contributed by atoms with Gasteiger partial charge in [-0.2, -0.15) is 0 Å². The third-order valence-electron chi connectivity index (χ3n) is 5.27. The molecule has 1 aromatic heterocycles. The molecule has 1 aromatic rings. The van der Waals surface area contributed by atoms with Gasteiger partial charge in [0.1, 0.15) is 0 Å². The van der Waals surface area contributed by atoms with Crippen molar-refractivity contribution < 1.29 is 4.74 Å². The number of nitrogens with one attached hydrogen (secondary N) is 1. The second kappa shape index (κ2) is 6.89. The van der Waals surface area contributed by atoms with Crippen molar-refractivity contribution >= 4 is 0 Å². The summed E-state index contributed by atoms with van der Waals surface area (Å²) in [6.45, 7) is 4.22. The minimum Gasteiger partial charge on any atom is -0.375 e. The van der Waals surface area contributed by atoms with E-state index in [9.17, 15) is 0 Å². The van der Waals surface area contributed by atoms with Crippen molar-refractivity contribution in [1.82, 2.24) is 10.3 Å². The Morgan fingerprint density at radius 1 is 1.43 bits per heavy atom. The standard InChI is InChI=1S/C18H28N2O/c1-2-19-17(8-7-16-6-3-4-12-20-16)15-9-13-21-18(14-15)10-5-11-18/h3-4,6,12,15,17,19H,2,5,7-11,13-14H2,1H3. The number of aryl methyl sites for hydroxylation is 1. The number of hydrogen-bond donors (Lipinski definition) is 1. The maximum atomic E-state index is 6.08. The zero-order chi connectivity index (χ0) is 14.5. The Hall–Kier alpha value is -0.930. The monoisotopic (exact) mass is 288 g/mol. The molecule has 1 aliphatic heterocycles. The average Bonchev–Trinajstić information content (AvgIpc) is 2.51. The molecule has 0 amide bonds. The number of rotatable bonds is 6. The number of ether oxygens (including phenoxy) is 1. The van der Waals surface area contributed by atoms with Gasteiger partial charge in [-0.05, 0) is 69.5 Å². The van der Waals surface area contributed by atoms with E-state index in [1.165, 1.54) is 44.2 Å². The minimum absolute atomic E-state index is 0.252. The predicted octanol–water partition coefficient (Wildman–Crippen LogP) is 3.34. The van der Waals surface area contributed by atoms with Gasteiger partial charge in [0.2, 0.25) is 0 Å². The van der Waals surface area contributed by atoms with E-state index < -0.39 is 0 Å². The van der Waals surface area contributed by atoms with Crippen LogP contribution in [0.2, 0.25) is 0 Å². The molecule has 2 aliphatic rings. The van der Waals surface area contributed by atoms with Crippen LogP contribution < -0.4 is 5.32 Å². The summed E-state index contributed by atoms with van der Waals surface area (Å²) in [6.07, 6.45) is 10.5. The highest BCUT2D eigenvalue weighted by molar-refractivity contribution is 5.04. The summed E-state index contributed by atoms with van der Waals surface area (Å²) in [5.74, 6) is 0.766. The van der Waals surface area contributed by atoms with Crippen LogP contribution in [0.25, 0.3) is 0 Å². The summed E-state index contributed by atoms with van der Waals surface area (Å²) >= 11 is 0. The van der Waals surface area contributed by atoms with Gasteiger partial charge in [0.05, 0.1) is 5.60 Å². The van der Waals surface area contributed by atoms with Crippen molar-refractivity contribution in [2.24, 2.45) is 5.92 Å². The fourth-order valence-electron chi connectivity index (χ4n) is 3.94. The molecular formula is C18H28N2O. The largest absolute Gasteiger partial charge is 0.375 e. The van der Waals surface area contributed by atoms with Crippen LogP contribution in [-0.2, 0) is 11.2 Å². The van der Waals surface area contributed by atoms with Gasteiger partial charge < -0.3 is 10.1 Å². The van der Waals surface area contributed by atoms with E-state index in [0.29, 0.717) is 6.04 Å².